The number of ether oxygens (including phenoxy) is 1. The second kappa shape index (κ2) is 5.73. The number of aromatic amines is 1. The van der Waals surface area contributed by atoms with Gasteiger partial charge < -0.3 is 14.8 Å². The maximum atomic E-state index is 12.3. The second-order valence-corrected chi connectivity index (χ2v) is 6.35. The lowest BCUT2D eigenvalue weighted by Crippen LogP contribution is -2.10. The summed E-state index contributed by atoms with van der Waals surface area (Å²) < 4.78 is 6.59. The van der Waals surface area contributed by atoms with Crippen LogP contribution in [-0.2, 0) is 0 Å². The minimum Gasteiger partial charge on any atom is -0.504 e. The number of fused-ring (bicyclic) bond motifs is 1. The Bertz CT molecular complexity index is 938. The fraction of sp³-hybridized carbons (Fsp3) is 0.0667. The number of aromatic hydroxyl groups is 1. The van der Waals surface area contributed by atoms with E-state index in [1.165, 1.54) is 13.2 Å². The van der Waals surface area contributed by atoms with E-state index >= 15 is 0 Å². The molecule has 0 aliphatic carbocycles. The van der Waals surface area contributed by atoms with E-state index in [-0.39, 0.29) is 11.3 Å². The van der Waals surface area contributed by atoms with Gasteiger partial charge in [-0.3, -0.25) is 4.79 Å². The van der Waals surface area contributed by atoms with Crippen LogP contribution in [0.1, 0.15) is 0 Å². The molecule has 1 aromatic heterocycles. The summed E-state index contributed by atoms with van der Waals surface area (Å²) in [5.41, 5.74) is 0.964. The fourth-order valence-corrected chi connectivity index (χ4v) is 3.44. The van der Waals surface area contributed by atoms with Crippen LogP contribution in [0.4, 0.5) is 0 Å². The van der Waals surface area contributed by atoms with E-state index in [9.17, 15) is 9.90 Å². The third-order valence-corrected chi connectivity index (χ3v) is 4.24. The molecular weight excluding hydrogens is 416 g/mol. The summed E-state index contributed by atoms with van der Waals surface area (Å²) in [6.45, 7) is 0. The quantitative estimate of drug-likeness (QED) is 0.654. The number of methoxy groups -OCH3 is 1. The lowest BCUT2D eigenvalue weighted by atomic mass is 10.1. The van der Waals surface area contributed by atoms with Crippen molar-refractivity contribution < 1.29 is 9.84 Å². The van der Waals surface area contributed by atoms with Crippen LogP contribution in [0, 0.1) is 0 Å². The highest BCUT2D eigenvalue weighted by molar-refractivity contribution is 9.11. The molecule has 0 saturated carbocycles. The minimum atomic E-state index is -0.242. The van der Waals surface area contributed by atoms with Crippen LogP contribution in [0.2, 0.25) is 0 Å². The van der Waals surface area contributed by atoms with Crippen LogP contribution < -0.4 is 10.3 Å². The topological polar surface area (TPSA) is 75.2 Å². The Hall–Kier alpha value is -1.86. The van der Waals surface area contributed by atoms with Crippen LogP contribution in [-0.4, -0.2) is 22.2 Å². The van der Waals surface area contributed by atoms with E-state index in [1.54, 1.807) is 18.2 Å². The van der Waals surface area contributed by atoms with Crippen molar-refractivity contribution in [1.29, 1.82) is 0 Å². The normalized spacial score (nSPS) is 10.9. The molecule has 22 heavy (non-hydrogen) atoms. The Balaban J connectivity index is 2.27. The molecule has 0 aliphatic rings. The van der Waals surface area contributed by atoms with Crippen molar-refractivity contribution in [3.63, 3.8) is 0 Å². The van der Waals surface area contributed by atoms with Crippen LogP contribution >= 0.6 is 31.9 Å². The molecule has 0 unspecified atom stereocenters. The van der Waals surface area contributed by atoms with Crippen LogP contribution in [0.5, 0.6) is 11.5 Å². The van der Waals surface area contributed by atoms with Gasteiger partial charge in [-0.05, 0) is 46.3 Å². The average Bonchev–Trinajstić information content (AvgIpc) is 2.48. The summed E-state index contributed by atoms with van der Waals surface area (Å²) in [5, 5.41) is 10.1. The zero-order chi connectivity index (χ0) is 15.9. The summed E-state index contributed by atoms with van der Waals surface area (Å²) in [6, 6.07) is 8.32. The van der Waals surface area contributed by atoms with Gasteiger partial charge in [-0.25, -0.2) is 4.98 Å². The number of aromatic nitrogens is 2. The third kappa shape index (κ3) is 2.62. The van der Waals surface area contributed by atoms with Gasteiger partial charge in [-0.2, -0.15) is 0 Å². The van der Waals surface area contributed by atoms with E-state index < -0.39 is 0 Å². The van der Waals surface area contributed by atoms with Crippen LogP contribution in [0.15, 0.2) is 44.1 Å². The van der Waals surface area contributed by atoms with Crippen LogP contribution in [0.3, 0.4) is 0 Å². The summed E-state index contributed by atoms with van der Waals surface area (Å²) in [6.07, 6.45) is 0. The molecule has 0 spiro atoms. The first-order valence-electron chi connectivity index (χ1n) is 6.26. The smallest absolute Gasteiger partial charge is 0.259 e. The zero-order valence-corrected chi connectivity index (χ0v) is 14.5. The molecule has 3 aromatic rings. The van der Waals surface area contributed by atoms with E-state index in [1.807, 2.05) is 6.07 Å². The van der Waals surface area contributed by atoms with Gasteiger partial charge in [0.25, 0.3) is 5.56 Å². The monoisotopic (exact) mass is 424 g/mol. The minimum absolute atomic E-state index is 0.0273. The predicted molar refractivity (Wildman–Crippen MR) is 91.4 cm³/mol. The number of nitrogens with one attached hydrogen (secondary N) is 1. The van der Waals surface area contributed by atoms with Gasteiger partial charge in [0.1, 0.15) is 5.82 Å². The molecule has 0 bridgehead atoms. The zero-order valence-electron chi connectivity index (χ0n) is 11.4. The van der Waals surface area contributed by atoms with Crippen molar-refractivity contribution in [3.05, 3.63) is 49.6 Å². The van der Waals surface area contributed by atoms with Crippen molar-refractivity contribution in [2.45, 2.75) is 0 Å². The lowest BCUT2D eigenvalue weighted by molar-refractivity contribution is 0.373. The molecule has 0 saturated heterocycles. The van der Waals surface area contributed by atoms with E-state index in [0.717, 1.165) is 8.95 Å². The highest BCUT2D eigenvalue weighted by Gasteiger charge is 2.11. The summed E-state index contributed by atoms with van der Waals surface area (Å²) in [4.78, 5) is 19.5. The lowest BCUT2D eigenvalue weighted by Gasteiger charge is -2.08. The molecule has 0 fully saturated rings. The Morgan fingerprint density at radius 3 is 2.73 bits per heavy atom. The summed E-state index contributed by atoms with van der Waals surface area (Å²) >= 11 is 6.77. The summed E-state index contributed by atoms with van der Waals surface area (Å²) in [7, 11) is 1.46. The van der Waals surface area contributed by atoms with Gasteiger partial charge >= 0.3 is 0 Å². The standard InChI is InChI=1S/C15H10Br2N2O3/c1-22-12-4-7(2-3-11(12)20)14-18-13-9(15(21)19-14)5-8(16)6-10(13)17/h2-6,20H,1H3,(H,18,19,21). The molecule has 0 atom stereocenters. The molecule has 3 rings (SSSR count). The SMILES string of the molecule is COc1cc(-c2nc3c(Br)cc(Br)cc3c(=O)[nH]2)ccc1O. The number of rotatable bonds is 2. The van der Waals surface area contributed by atoms with E-state index in [4.69, 9.17) is 4.74 Å². The number of H-pyrrole nitrogens is 1. The molecule has 1 heterocycles. The molecule has 2 N–H and O–H groups in total. The van der Waals surface area contributed by atoms with Gasteiger partial charge in [0.2, 0.25) is 0 Å². The molecule has 2 aromatic carbocycles. The first kappa shape index (κ1) is 15.1. The third-order valence-electron chi connectivity index (χ3n) is 3.18. The Morgan fingerprint density at radius 1 is 1.23 bits per heavy atom. The maximum Gasteiger partial charge on any atom is 0.259 e. The first-order valence-corrected chi connectivity index (χ1v) is 7.84. The number of phenolic OH excluding ortho intramolecular Hbond substituents is 1. The van der Waals surface area contributed by atoms with E-state index in [0.29, 0.717) is 28.0 Å². The van der Waals surface area contributed by atoms with Gasteiger partial charge in [-0.1, -0.05) is 15.9 Å². The first-order chi connectivity index (χ1) is 10.5. The van der Waals surface area contributed by atoms with Crippen LogP contribution in [0.25, 0.3) is 22.3 Å². The fourth-order valence-electron chi connectivity index (χ4n) is 2.13. The number of benzene rings is 2. The van der Waals surface area contributed by atoms with Gasteiger partial charge in [0.05, 0.1) is 18.0 Å². The Labute approximate surface area is 142 Å². The number of halogens is 2. The van der Waals surface area contributed by atoms with Crippen molar-refractivity contribution in [3.8, 4) is 22.9 Å². The predicted octanol–water partition coefficient (Wildman–Crippen LogP) is 3.83. The average molecular weight is 426 g/mol. The second-order valence-electron chi connectivity index (χ2n) is 4.58. The largest absolute Gasteiger partial charge is 0.504 e. The van der Waals surface area contributed by atoms with Gasteiger partial charge in [0, 0.05) is 14.5 Å². The van der Waals surface area contributed by atoms with Crippen molar-refractivity contribution >= 4 is 42.8 Å². The van der Waals surface area contributed by atoms with Crippen molar-refractivity contribution in [2.24, 2.45) is 0 Å². The van der Waals surface area contributed by atoms with E-state index in [2.05, 4.69) is 41.8 Å². The number of hydrogen-bond donors (Lipinski definition) is 2. The van der Waals surface area contributed by atoms with Crippen molar-refractivity contribution in [2.75, 3.05) is 7.11 Å². The highest BCUT2D eigenvalue weighted by atomic mass is 79.9. The molecule has 5 nitrogen and oxygen atoms in total. The van der Waals surface area contributed by atoms with Gasteiger partial charge in [0.15, 0.2) is 11.5 Å². The molecule has 0 radical (unpaired) electrons. The number of nitrogens with zero attached hydrogens (tertiary/aromatic N) is 1. The molecular formula is C15H10Br2N2O3. The molecule has 112 valence electrons. The maximum absolute atomic E-state index is 12.3. The molecule has 0 amide bonds. The van der Waals surface area contributed by atoms with Crippen molar-refractivity contribution in [1.82, 2.24) is 9.97 Å². The van der Waals surface area contributed by atoms with Gasteiger partial charge in [-0.15, -0.1) is 0 Å². The molecule has 0 aliphatic heterocycles. The molecule has 7 heteroatoms. The summed E-state index contributed by atoms with van der Waals surface area (Å²) in [5.74, 6) is 0.744. The Morgan fingerprint density at radius 2 is 2.00 bits per heavy atom. The Kier molecular flexibility index (Phi) is 3.92. The number of phenols is 1. The number of hydrogen-bond acceptors (Lipinski definition) is 4. The highest BCUT2D eigenvalue weighted by Crippen LogP contribution is 2.31.